The van der Waals surface area contributed by atoms with Gasteiger partial charge in [0, 0.05) is 4.47 Å². The van der Waals surface area contributed by atoms with Crippen molar-refractivity contribution < 1.29 is 14.3 Å². The largest absolute Gasteiger partial charge is 0.452 e. The summed E-state index contributed by atoms with van der Waals surface area (Å²) in [6.07, 6.45) is 0. The zero-order chi connectivity index (χ0) is 17.9. The second-order valence-corrected chi connectivity index (χ2v) is 6.77. The number of benzene rings is 1. The number of halogens is 4. The molecule has 0 bridgehead atoms. The lowest BCUT2D eigenvalue weighted by Crippen LogP contribution is -2.22. The Hall–Kier alpha value is -1.34. The summed E-state index contributed by atoms with van der Waals surface area (Å²) in [5, 5.41) is 3.24. The van der Waals surface area contributed by atoms with E-state index in [1.165, 1.54) is 12.1 Å². The molecule has 5 nitrogen and oxygen atoms in total. The molecule has 0 aliphatic rings. The second-order valence-electron chi connectivity index (χ2n) is 4.63. The highest BCUT2D eigenvalue weighted by Gasteiger charge is 2.16. The van der Waals surface area contributed by atoms with E-state index in [0.717, 1.165) is 0 Å². The Labute approximate surface area is 161 Å². The molecule has 1 amide bonds. The number of carbonyl (C=O) groups excluding carboxylic acids is 2. The highest BCUT2D eigenvalue weighted by Crippen LogP contribution is 2.25. The standard InChI is InChI=1S/C15H10BrCl3N2O3/c1-7-11(18)5-12(19)14(20-7)21-13(22)6-24-15(23)9-4-8(16)2-3-10(9)17/h2-5H,6H2,1H3,(H,20,21,22). The van der Waals surface area contributed by atoms with Crippen LogP contribution in [0, 0.1) is 6.92 Å². The van der Waals surface area contributed by atoms with Crippen LogP contribution in [-0.2, 0) is 9.53 Å². The molecule has 9 heteroatoms. The molecule has 1 aromatic heterocycles. The smallest absolute Gasteiger partial charge is 0.340 e. The molecule has 24 heavy (non-hydrogen) atoms. The van der Waals surface area contributed by atoms with Crippen molar-refractivity contribution in [3.63, 3.8) is 0 Å². The van der Waals surface area contributed by atoms with Gasteiger partial charge in [-0.15, -0.1) is 0 Å². The zero-order valence-corrected chi connectivity index (χ0v) is 16.1. The molecular formula is C15H10BrCl3N2O3. The van der Waals surface area contributed by atoms with Gasteiger partial charge in [0.2, 0.25) is 0 Å². The third kappa shape index (κ3) is 4.83. The summed E-state index contributed by atoms with van der Waals surface area (Å²) in [6.45, 7) is 1.16. The van der Waals surface area contributed by atoms with Gasteiger partial charge >= 0.3 is 5.97 Å². The lowest BCUT2D eigenvalue weighted by atomic mass is 10.2. The van der Waals surface area contributed by atoms with Gasteiger partial charge in [-0.1, -0.05) is 50.7 Å². The van der Waals surface area contributed by atoms with Crippen LogP contribution in [0.5, 0.6) is 0 Å². The molecule has 126 valence electrons. The maximum Gasteiger partial charge on any atom is 0.340 e. The van der Waals surface area contributed by atoms with Crippen molar-refractivity contribution in [3.05, 3.63) is 55.1 Å². The first kappa shape index (κ1) is 19.0. The van der Waals surface area contributed by atoms with E-state index in [0.29, 0.717) is 15.2 Å². The molecule has 1 N–H and O–H groups in total. The second kappa shape index (κ2) is 8.16. The number of esters is 1. The van der Waals surface area contributed by atoms with Crippen molar-refractivity contribution in [2.75, 3.05) is 11.9 Å². The molecule has 1 heterocycles. The number of amides is 1. The molecule has 0 atom stereocenters. The fourth-order valence-electron chi connectivity index (χ4n) is 1.68. The first-order valence-electron chi connectivity index (χ1n) is 6.52. The minimum absolute atomic E-state index is 0.139. The number of anilines is 1. The number of hydrogen-bond donors (Lipinski definition) is 1. The highest BCUT2D eigenvalue weighted by molar-refractivity contribution is 9.10. The summed E-state index contributed by atoms with van der Waals surface area (Å²) >= 11 is 21.0. The van der Waals surface area contributed by atoms with Crippen molar-refractivity contribution in [2.24, 2.45) is 0 Å². The van der Waals surface area contributed by atoms with Crippen LogP contribution >= 0.6 is 50.7 Å². The van der Waals surface area contributed by atoms with Crippen molar-refractivity contribution in [3.8, 4) is 0 Å². The van der Waals surface area contributed by atoms with Gasteiger partial charge in [0.25, 0.3) is 5.91 Å². The fraction of sp³-hybridized carbons (Fsp3) is 0.133. The summed E-state index contributed by atoms with van der Waals surface area (Å²) in [5.41, 5.74) is 0.659. The van der Waals surface area contributed by atoms with Gasteiger partial charge in [-0.25, -0.2) is 9.78 Å². The van der Waals surface area contributed by atoms with Gasteiger partial charge in [0.1, 0.15) is 0 Å². The normalized spacial score (nSPS) is 10.4. The Bertz CT molecular complexity index is 815. The quantitative estimate of drug-likeness (QED) is 0.670. The van der Waals surface area contributed by atoms with E-state index in [2.05, 4.69) is 26.2 Å². The lowest BCUT2D eigenvalue weighted by Gasteiger charge is -2.09. The molecule has 0 fully saturated rings. The van der Waals surface area contributed by atoms with Crippen LogP contribution in [-0.4, -0.2) is 23.5 Å². The lowest BCUT2D eigenvalue weighted by molar-refractivity contribution is -0.119. The average Bonchev–Trinajstić information content (AvgIpc) is 2.52. The molecular weight excluding hydrogens is 442 g/mol. The van der Waals surface area contributed by atoms with Crippen LogP contribution < -0.4 is 5.32 Å². The van der Waals surface area contributed by atoms with E-state index in [4.69, 9.17) is 39.5 Å². The minimum atomic E-state index is -0.720. The topological polar surface area (TPSA) is 68.3 Å². The third-order valence-electron chi connectivity index (χ3n) is 2.85. The molecule has 0 unspecified atom stereocenters. The van der Waals surface area contributed by atoms with E-state index >= 15 is 0 Å². The molecule has 1 aromatic carbocycles. The number of rotatable bonds is 4. The summed E-state index contributed by atoms with van der Waals surface area (Å²) < 4.78 is 5.60. The van der Waals surface area contributed by atoms with Crippen LogP contribution in [0.2, 0.25) is 15.1 Å². The Morgan fingerprint density at radius 3 is 2.58 bits per heavy atom. The van der Waals surface area contributed by atoms with Crippen molar-refractivity contribution >= 4 is 68.4 Å². The van der Waals surface area contributed by atoms with Gasteiger partial charge in [-0.2, -0.15) is 0 Å². The summed E-state index contributed by atoms with van der Waals surface area (Å²) in [7, 11) is 0. The molecule has 0 aliphatic carbocycles. The van der Waals surface area contributed by atoms with Crippen LogP contribution in [0.25, 0.3) is 0 Å². The Kier molecular flexibility index (Phi) is 6.46. The van der Waals surface area contributed by atoms with Crippen molar-refractivity contribution in [2.45, 2.75) is 6.92 Å². The van der Waals surface area contributed by atoms with E-state index in [1.807, 2.05) is 0 Å². The first-order valence-corrected chi connectivity index (χ1v) is 8.45. The minimum Gasteiger partial charge on any atom is -0.452 e. The van der Waals surface area contributed by atoms with Crippen LogP contribution in [0.1, 0.15) is 16.1 Å². The van der Waals surface area contributed by atoms with E-state index < -0.39 is 18.5 Å². The van der Waals surface area contributed by atoms with Crippen LogP contribution in [0.3, 0.4) is 0 Å². The third-order valence-corrected chi connectivity index (χ3v) is 4.34. The van der Waals surface area contributed by atoms with Crippen LogP contribution in [0.4, 0.5) is 5.82 Å². The van der Waals surface area contributed by atoms with Gasteiger partial charge in [0.05, 0.1) is 26.3 Å². The van der Waals surface area contributed by atoms with Gasteiger partial charge < -0.3 is 10.1 Å². The van der Waals surface area contributed by atoms with Crippen LogP contribution in [0.15, 0.2) is 28.7 Å². The number of ether oxygens (including phenoxy) is 1. The molecule has 0 spiro atoms. The Balaban J connectivity index is 2.00. The van der Waals surface area contributed by atoms with Crippen molar-refractivity contribution in [1.82, 2.24) is 4.98 Å². The molecule has 2 aromatic rings. The Morgan fingerprint density at radius 2 is 1.88 bits per heavy atom. The van der Waals surface area contributed by atoms with Gasteiger partial charge in [0.15, 0.2) is 12.4 Å². The number of nitrogens with one attached hydrogen (secondary N) is 1. The van der Waals surface area contributed by atoms with E-state index in [-0.39, 0.29) is 21.4 Å². The van der Waals surface area contributed by atoms with E-state index in [1.54, 1.807) is 19.1 Å². The first-order chi connectivity index (χ1) is 11.3. The predicted molar refractivity (Wildman–Crippen MR) is 97.1 cm³/mol. The number of pyridine rings is 1. The number of nitrogens with zero attached hydrogens (tertiary/aromatic N) is 1. The maximum absolute atomic E-state index is 12.0. The van der Waals surface area contributed by atoms with Crippen molar-refractivity contribution in [1.29, 1.82) is 0 Å². The van der Waals surface area contributed by atoms with Gasteiger partial charge in [-0.05, 0) is 31.2 Å². The summed E-state index contributed by atoms with van der Waals surface area (Å²) in [6, 6.07) is 6.20. The molecule has 0 aliphatic heterocycles. The average molecular weight is 453 g/mol. The highest BCUT2D eigenvalue weighted by atomic mass is 79.9. The van der Waals surface area contributed by atoms with Gasteiger partial charge in [-0.3, -0.25) is 4.79 Å². The summed E-state index contributed by atoms with van der Waals surface area (Å²) in [5.74, 6) is -1.17. The molecule has 0 saturated heterocycles. The number of hydrogen-bond acceptors (Lipinski definition) is 4. The molecule has 2 rings (SSSR count). The zero-order valence-electron chi connectivity index (χ0n) is 12.2. The molecule has 0 radical (unpaired) electrons. The summed E-state index contributed by atoms with van der Waals surface area (Å²) in [4.78, 5) is 27.9. The fourth-order valence-corrected chi connectivity index (χ4v) is 2.64. The maximum atomic E-state index is 12.0. The SMILES string of the molecule is Cc1nc(NC(=O)COC(=O)c2cc(Br)ccc2Cl)c(Cl)cc1Cl. The Morgan fingerprint density at radius 1 is 1.17 bits per heavy atom. The monoisotopic (exact) mass is 450 g/mol. The number of aromatic nitrogens is 1. The predicted octanol–water partition coefficient (Wildman–Crippen LogP) is 4.91. The number of aryl methyl sites for hydroxylation is 1. The number of carbonyl (C=O) groups is 2. The molecule has 0 saturated carbocycles. The van der Waals surface area contributed by atoms with E-state index in [9.17, 15) is 9.59 Å².